The number of carbonyl (C=O) groups excluding carboxylic acids is 4. The van der Waals surface area contributed by atoms with E-state index in [-0.39, 0.29) is 31.2 Å². The first kappa shape index (κ1) is 40.0. The van der Waals surface area contributed by atoms with E-state index in [0.717, 1.165) is 24.8 Å². The number of aromatic nitrogens is 1. The fourth-order valence-corrected chi connectivity index (χ4v) is 8.73. The fraction of sp³-hybridized carbons (Fsp3) is 0.537. The van der Waals surface area contributed by atoms with Crippen molar-refractivity contribution in [2.75, 3.05) is 26.7 Å². The number of rotatable bonds is 12. The van der Waals surface area contributed by atoms with E-state index in [9.17, 15) is 27.6 Å². The molecule has 3 heterocycles. The van der Waals surface area contributed by atoms with Crippen LogP contribution in [0.2, 0.25) is 0 Å². The molecule has 1 saturated carbocycles. The molecule has 1 aromatic heterocycles. The summed E-state index contributed by atoms with van der Waals surface area (Å²) >= 11 is 0. The van der Waals surface area contributed by atoms with Crippen molar-refractivity contribution < 1.29 is 37.1 Å². The summed E-state index contributed by atoms with van der Waals surface area (Å²) in [6.07, 6.45) is 3.24. The van der Waals surface area contributed by atoms with Crippen molar-refractivity contribution >= 4 is 44.6 Å². The van der Waals surface area contributed by atoms with Crippen LogP contribution in [-0.2, 0) is 29.2 Å². The number of benzene rings is 2. The highest BCUT2D eigenvalue weighted by atomic mass is 32.2. The van der Waals surface area contributed by atoms with Gasteiger partial charge in [-0.3, -0.25) is 23.9 Å². The Morgan fingerprint density at radius 2 is 1.64 bits per heavy atom. The Bertz CT molecular complexity index is 2040. The Morgan fingerprint density at radius 3 is 2.27 bits per heavy atom. The first-order valence-corrected chi connectivity index (χ1v) is 20.7. The molecule has 296 valence electrons. The third-order valence-corrected chi connectivity index (χ3v) is 12.6. The second-order valence-electron chi connectivity index (χ2n) is 16.6. The zero-order chi connectivity index (χ0) is 39.7. The zero-order valence-electron chi connectivity index (χ0n) is 32.6. The topological polar surface area (TPSA) is 164 Å². The fourth-order valence-electron chi connectivity index (χ4n) is 7.29. The van der Waals surface area contributed by atoms with Gasteiger partial charge < -0.3 is 24.6 Å². The number of fused-ring (bicyclic) bond motifs is 1. The van der Waals surface area contributed by atoms with Crippen LogP contribution in [0.3, 0.4) is 0 Å². The number of carbonyl (C=O) groups is 4. The first-order valence-electron chi connectivity index (χ1n) is 19.1. The largest absolute Gasteiger partial charge is 0.497 e. The summed E-state index contributed by atoms with van der Waals surface area (Å²) in [6, 6.07) is 15.9. The van der Waals surface area contributed by atoms with E-state index < -0.39 is 56.1 Å². The van der Waals surface area contributed by atoms with Crippen LogP contribution >= 0.6 is 0 Å². The summed E-state index contributed by atoms with van der Waals surface area (Å²) < 4.78 is 39.5. The number of sulfonamides is 1. The van der Waals surface area contributed by atoms with Crippen LogP contribution in [0.5, 0.6) is 11.5 Å². The molecule has 3 fully saturated rings. The number of piperidine rings is 1. The lowest BCUT2D eigenvalue weighted by molar-refractivity contribution is -0.149. The molecule has 13 nitrogen and oxygen atoms in total. The van der Waals surface area contributed by atoms with Crippen LogP contribution in [0.25, 0.3) is 22.2 Å². The van der Waals surface area contributed by atoms with E-state index in [1.165, 1.54) is 18.7 Å². The number of ether oxygens (including phenoxy) is 2. The third-order valence-electron chi connectivity index (χ3n) is 10.8. The van der Waals surface area contributed by atoms with Crippen molar-refractivity contribution in [2.24, 2.45) is 11.3 Å². The van der Waals surface area contributed by atoms with E-state index in [1.54, 1.807) is 7.11 Å². The number of hydrogen-bond donors (Lipinski definition) is 2. The molecule has 0 radical (unpaired) electrons. The Balaban J connectivity index is 1.32. The van der Waals surface area contributed by atoms with Gasteiger partial charge in [-0.25, -0.2) is 13.4 Å². The predicted molar refractivity (Wildman–Crippen MR) is 209 cm³/mol. The number of nitrogens with one attached hydrogen (secondary N) is 2. The normalized spacial score (nSPS) is 19.8. The van der Waals surface area contributed by atoms with Crippen LogP contribution < -0.4 is 19.5 Å². The molecule has 1 aliphatic carbocycles. The first-order chi connectivity index (χ1) is 26.0. The van der Waals surface area contributed by atoms with E-state index in [4.69, 9.17) is 14.5 Å². The van der Waals surface area contributed by atoms with Crippen molar-refractivity contribution in [1.82, 2.24) is 24.8 Å². The number of pyridine rings is 1. The Labute approximate surface area is 323 Å². The van der Waals surface area contributed by atoms with Crippen LogP contribution in [-0.4, -0.2) is 96.5 Å². The lowest BCUT2D eigenvalue weighted by Gasteiger charge is -2.37. The molecule has 3 aliphatic rings. The van der Waals surface area contributed by atoms with Gasteiger partial charge in [-0.15, -0.1) is 0 Å². The maximum absolute atomic E-state index is 14.8. The summed E-state index contributed by atoms with van der Waals surface area (Å²) in [5.41, 5.74) is -0.105. The summed E-state index contributed by atoms with van der Waals surface area (Å²) in [5, 5.41) is 2.81. The molecule has 2 N–H and O–H groups in total. The summed E-state index contributed by atoms with van der Waals surface area (Å²) in [4.78, 5) is 64.0. The monoisotopic (exact) mass is 775 g/mol. The second-order valence-corrected chi connectivity index (χ2v) is 18.6. The molecule has 6 rings (SSSR count). The minimum absolute atomic E-state index is 0.0110. The Kier molecular flexibility index (Phi) is 11.5. The molecular formula is C41H53N5O8S. The lowest BCUT2D eigenvalue weighted by Crippen LogP contribution is -2.60. The number of methoxy groups -OCH3 is 1. The molecule has 2 aromatic carbocycles. The molecular weight excluding hydrogens is 723 g/mol. The smallest absolute Gasteiger partial charge is 0.258 e. The second kappa shape index (κ2) is 15.8. The molecule has 14 heteroatoms. The van der Waals surface area contributed by atoms with E-state index in [1.807, 2.05) is 80.3 Å². The molecule has 2 aliphatic heterocycles. The van der Waals surface area contributed by atoms with Gasteiger partial charge >= 0.3 is 0 Å². The minimum atomic E-state index is -3.87. The number of amides is 4. The average molecular weight is 776 g/mol. The van der Waals surface area contributed by atoms with E-state index in [0.29, 0.717) is 54.0 Å². The van der Waals surface area contributed by atoms with Crippen LogP contribution in [0.1, 0.15) is 79.6 Å². The van der Waals surface area contributed by atoms with Gasteiger partial charge in [0.15, 0.2) is 0 Å². The lowest BCUT2D eigenvalue weighted by atomic mass is 9.77. The highest BCUT2D eigenvalue weighted by Gasteiger charge is 2.48. The van der Waals surface area contributed by atoms with Crippen molar-refractivity contribution in [1.29, 1.82) is 0 Å². The van der Waals surface area contributed by atoms with Gasteiger partial charge in [0, 0.05) is 49.0 Å². The third kappa shape index (κ3) is 9.22. The van der Waals surface area contributed by atoms with Gasteiger partial charge in [-0.1, -0.05) is 51.1 Å². The molecule has 4 amide bonds. The van der Waals surface area contributed by atoms with Gasteiger partial charge in [0.2, 0.25) is 27.7 Å². The highest BCUT2D eigenvalue weighted by Crippen LogP contribution is 2.37. The van der Waals surface area contributed by atoms with Gasteiger partial charge in [0.05, 0.1) is 36.0 Å². The Morgan fingerprint density at radius 1 is 0.945 bits per heavy atom. The predicted octanol–water partition coefficient (Wildman–Crippen LogP) is 4.83. The molecule has 0 bridgehead atoms. The Hall–Kier alpha value is -4.72. The average Bonchev–Trinajstić information content (AvgIpc) is 3.94. The SMILES string of the molecule is COc1ccc2c(O[C@@H]3C[C@@H](C(=O)NC(C)(C)C(=O)NS(=O)(=O)C4CC4)N(C(=O)C(CC(=O)N4CCCCC4)C(C)(C)C)C3)cc(-c3ccccc3)nc2c1. The molecule has 0 spiro atoms. The maximum Gasteiger partial charge on any atom is 0.258 e. The van der Waals surface area contributed by atoms with Crippen LogP contribution in [0.15, 0.2) is 54.6 Å². The molecule has 55 heavy (non-hydrogen) atoms. The van der Waals surface area contributed by atoms with Crippen molar-refractivity contribution in [3.8, 4) is 22.8 Å². The van der Waals surface area contributed by atoms with Crippen LogP contribution in [0.4, 0.5) is 0 Å². The summed E-state index contributed by atoms with van der Waals surface area (Å²) in [6.45, 7) is 9.92. The highest BCUT2D eigenvalue weighted by molar-refractivity contribution is 7.91. The molecule has 1 unspecified atom stereocenters. The van der Waals surface area contributed by atoms with Crippen molar-refractivity contribution in [3.63, 3.8) is 0 Å². The van der Waals surface area contributed by atoms with Gasteiger partial charge in [-0.05, 0) is 63.5 Å². The van der Waals surface area contributed by atoms with Gasteiger partial charge in [0.25, 0.3) is 5.91 Å². The standard InChI is InChI=1S/C41H53N5O8S/c1-40(2,3)31(23-36(47)45-19-11-8-12-20-45)38(49)46-25-28(22-34(46)37(48)43-41(4,5)39(50)44-55(51,52)29-16-17-29)54-35-24-32(26-13-9-7-10-14-26)42-33-21-27(53-6)15-18-30(33)35/h7,9-10,13-15,18,21,24,28-29,31,34H,8,11-12,16-17,19-20,22-23,25H2,1-6H3,(H,43,48)(H,44,50)/t28-,31?,34+/m1/s1. The van der Waals surface area contributed by atoms with Crippen molar-refractivity contribution in [2.45, 2.75) is 102 Å². The maximum atomic E-state index is 14.8. The van der Waals surface area contributed by atoms with E-state index in [2.05, 4.69) is 10.0 Å². The minimum Gasteiger partial charge on any atom is -0.497 e. The van der Waals surface area contributed by atoms with E-state index >= 15 is 0 Å². The number of likely N-dealkylation sites (tertiary alicyclic amines) is 2. The zero-order valence-corrected chi connectivity index (χ0v) is 33.4. The molecule has 2 saturated heterocycles. The van der Waals surface area contributed by atoms with Gasteiger partial charge in [-0.2, -0.15) is 0 Å². The van der Waals surface area contributed by atoms with Gasteiger partial charge in [0.1, 0.15) is 29.2 Å². The number of nitrogens with zero attached hydrogens (tertiary/aromatic N) is 3. The molecule has 3 aromatic rings. The van der Waals surface area contributed by atoms with Crippen LogP contribution in [0, 0.1) is 11.3 Å². The number of hydrogen-bond acceptors (Lipinski definition) is 9. The molecule has 3 atom stereocenters. The summed E-state index contributed by atoms with van der Waals surface area (Å²) in [5.74, 6) is -1.59. The summed E-state index contributed by atoms with van der Waals surface area (Å²) in [7, 11) is -2.29. The van der Waals surface area contributed by atoms with Crippen molar-refractivity contribution in [3.05, 3.63) is 54.6 Å². The quantitative estimate of drug-likeness (QED) is 0.263.